The molecule has 2 amide bonds. The predicted molar refractivity (Wildman–Crippen MR) is 109 cm³/mol. The van der Waals surface area contributed by atoms with E-state index in [4.69, 9.17) is 26.8 Å². The third-order valence-corrected chi connectivity index (χ3v) is 6.53. The van der Waals surface area contributed by atoms with Crippen molar-refractivity contribution in [3.8, 4) is 5.75 Å². The summed E-state index contributed by atoms with van der Waals surface area (Å²) >= 11 is 6.20. The fraction of sp³-hybridized carbons (Fsp3) is 0.619. The summed E-state index contributed by atoms with van der Waals surface area (Å²) in [5.41, 5.74) is 5.92. The van der Waals surface area contributed by atoms with Crippen LogP contribution in [0.3, 0.4) is 0 Å². The van der Waals surface area contributed by atoms with Gasteiger partial charge in [0.25, 0.3) is 0 Å². The Balaban J connectivity index is 1.49. The van der Waals surface area contributed by atoms with Gasteiger partial charge in [0, 0.05) is 35.9 Å². The fourth-order valence-electron chi connectivity index (χ4n) is 4.49. The van der Waals surface area contributed by atoms with Crippen molar-refractivity contribution in [2.45, 2.75) is 37.8 Å². The fourth-order valence-corrected chi connectivity index (χ4v) is 4.69. The van der Waals surface area contributed by atoms with Crippen LogP contribution in [0.1, 0.15) is 31.2 Å². The summed E-state index contributed by atoms with van der Waals surface area (Å²) in [6, 6.07) is 5.61. The van der Waals surface area contributed by atoms with Gasteiger partial charge in [-0.05, 0) is 44.1 Å². The zero-order valence-electron chi connectivity index (χ0n) is 16.6. The minimum Gasteiger partial charge on any atom is -0.485 e. The normalized spacial score (nSPS) is 22.6. The van der Waals surface area contributed by atoms with E-state index in [1.54, 1.807) is 0 Å². The van der Waals surface area contributed by atoms with Crippen molar-refractivity contribution < 1.29 is 19.1 Å². The lowest BCUT2D eigenvalue weighted by molar-refractivity contribution is -0.138. The van der Waals surface area contributed by atoms with Gasteiger partial charge in [-0.1, -0.05) is 11.6 Å². The molecule has 0 aliphatic carbocycles. The molecule has 0 bridgehead atoms. The molecule has 0 saturated carbocycles. The highest BCUT2D eigenvalue weighted by atomic mass is 35.5. The molecule has 4 rings (SSSR count). The smallest absolute Gasteiger partial charge is 0.237 e. The van der Waals surface area contributed by atoms with Crippen molar-refractivity contribution >= 4 is 23.4 Å². The molecule has 3 heterocycles. The van der Waals surface area contributed by atoms with Crippen LogP contribution in [-0.4, -0.2) is 66.6 Å². The van der Waals surface area contributed by atoms with Crippen molar-refractivity contribution in [2.75, 3.05) is 39.4 Å². The van der Waals surface area contributed by atoms with Crippen LogP contribution in [-0.2, 0) is 20.9 Å². The van der Waals surface area contributed by atoms with Crippen molar-refractivity contribution in [3.05, 3.63) is 28.8 Å². The van der Waals surface area contributed by atoms with E-state index < -0.39 is 5.60 Å². The first-order chi connectivity index (χ1) is 13.9. The number of halogens is 1. The largest absolute Gasteiger partial charge is 0.485 e. The second kappa shape index (κ2) is 8.50. The van der Waals surface area contributed by atoms with Crippen LogP contribution in [0.2, 0.25) is 5.02 Å². The first kappa shape index (κ1) is 20.4. The van der Waals surface area contributed by atoms with Crippen LogP contribution >= 0.6 is 11.6 Å². The highest BCUT2D eigenvalue weighted by molar-refractivity contribution is 6.30. The lowest BCUT2D eigenvalue weighted by atomic mass is 9.93. The first-order valence-electron chi connectivity index (χ1n) is 10.3. The summed E-state index contributed by atoms with van der Waals surface area (Å²) in [5.74, 6) is 0.557. The average Bonchev–Trinajstić information content (AvgIpc) is 2.85. The summed E-state index contributed by atoms with van der Waals surface area (Å²) < 4.78 is 12.0. The molecule has 158 valence electrons. The lowest BCUT2D eigenvalue weighted by Crippen LogP contribution is -2.52. The quantitative estimate of drug-likeness (QED) is 0.804. The number of ether oxygens (including phenoxy) is 2. The van der Waals surface area contributed by atoms with Gasteiger partial charge in [0.15, 0.2) is 0 Å². The lowest BCUT2D eigenvalue weighted by Gasteiger charge is -2.39. The number of likely N-dealkylation sites (tertiary alicyclic amines) is 1. The van der Waals surface area contributed by atoms with Gasteiger partial charge in [-0.2, -0.15) is 0 Å². The maximum atomic E-state index is 13.2. The second-order valence-electron chi connectivity index (χ2n) is 8.35. The Morgan fingerprint density at radius 2 is 1.93 bits per heavy atom. The Morgan fingerprint density at radius 3 is 2.62 bits per heavy atom. The number of fused-ring (bicyclic) bond motifs is 1. The van der Waals surface area contributed by atoms with Gasteiger partial charge < -0.3 is 20.1 Å². The number of amides is 2. The van der Waals surface area contributed by atoms with Crippen molar-refractivity contribution in [3.63, 3.8) is 0 Å². The van der Waals surface area contributed by atoms with Gasteiger partial charge in [-0.25, -0.2) is 0 Å². The molecule has 2 saturated heterocycles. The van der Waals surface area contributed by atoms with E-state index in [2.05, 4.69) is 4.90 Å². The highest BCUT2D eigenvalue weighted by Crippen LogP contribution is 2.36. The Kier molecular flexibility index (Phi) is 5.99. The van der Waals surface area contributed by atoms with Crippen LogP contribution in [0.25, 0.3) is 0 Å². The van der Waals surface area contributed by atoms with Gasteiger partial charge in [-0.3, -0.25) is 14.5 Å². The van der Waals surface area contributed by atoms with Crippen LogP contribution in [0.4, 0.5) is 0 Å². The molecule has 0 unspecified atom stereocenters. The highest BCUT2D eigenvalue weighted by Gasteiger charge is 2.41. The number of piperidine rings is 1. The Morgan fingerprint density at radius 1 is 1.21 bits per heavy atom. The summed E-state index contributed by atoms with van der Waals surface area (Å²) in [6.07, 6.45) is 2.93. The maximum absolute atomic E-state index is 13.2. The van der Waals surface area contributed by atoms with Gasteiger partial charge in [-0.15, -0.1) is 0 Å². The molecule has 0 atom stereocenters. The summed E-state index contributed by atoms with van der Waals surface area (Å²) in [4.78, 5) is 28.6. The molecule has 1 aromatic carbocycles. The Hall–Kier alpha value is -1.83. The maximum Gasteiger partial charge on any atom is 0.237 e. The average molecular weight is 422 g/mol. The molecular formula is C21H28ClN3O4. The number of hydrogen-bond donors (Lipinski definition) is 1. The van der Waals surface area contributed by atoms with E-state index in [0.29, 0.717) is 63.8 Å². The van der Waals surface area contributed by atoms with Gasteiger partial charge >= 0.3 is 0 Å². The topological polar surface area (TPSA) is 85.1 Å². The Bertz CT molecular complexity index is 773. The summed E-state index contributed by atoms with van der Waals surface area (Å²) in [7, 11) is 0. The minimum absolute atomic E-state index is 0.0739. The monoisotopic (exact) mass is 421 g/mol. The van der Waals surface area contributed by atoms with Crippen LogP contribution < -0.4 is 10.5 Å². The number of hydrogen-bond acceptors (Lipinski definition) is 5. The van der Waals surface area contributed by atoms with Gasteiger partial charge in [0.1, 0.15) is 11.4 Å². The van der Waals surface area contributed by atoms with E-state index in [1.807, 2.05) is 23.1 Å². The number of rotatable bonds is 3. The number of carbonyl (C=O) groups is 2. The van der Waals surface area contributed by atoms with Crippen molar-refractivity contribution in [1.29, 1.82) is 0 Å². The molecule has 3 aliphatic rings. The molecule has 2 fully saturated rings. The Labute approximate surface area is 176 Å². The van der Waals surface area contributed by atoms with E-state index >= 15 is 0 Å². The first-order valence-corrected chi connectivity index (χ1v) is 10.7. The van der Waals surface area contributed by atoms with Gasteiger partial charge in [0.2, 0.25) is 11.8 Å². The predicted octanol–water partition coefficient (Wildman–Crippen LogP) is 1.81. The van der Waals surface area contributed by atoms with E-state index in [1.165, 1.54) is 0 Å². The molecule has 7 nitrogen and oxygen atoms in total. The van der Waals surface area contributed by atoms with Crippen molar-refractivity contribution in [1.82, 2.24) is 9.80 Å². The molecule has 1 spiro atoms. The van der Waals surface area contributed by atoms with E-state index in [9.17, 15) is 9.59 Å². The zero-order chi connectivity index (χ0) is 20.4. The number of nitrogens with zero attached hydrogens (tertiary/aromatic N) is 2. The SMILES string of the molecule is NC(=O)C1CCN(CC(=O)N2Cc3cc(Cl)ccc3OC3(CCOCC3)C2)CC1. The standard InChI is InChI=1S/C21H28ClN3O4/c22-17-1-2-18-16(11-17)12-25(14-21(29-18)5-9-28-10-6-21)19(26)13-24-7-3-15(4-8-24)20(23)27/h1-2,11,15H,3-10,12-14H2,(H2,23,27). The summed E-state index contributed by atoms with van der Waals surface area (Å²) in [5, 5.41) is 0.635. The molecule has 1 aromatic rings. The molecule has 2 N–H and O–H groups in total. The van der Waals surface area contributed by atoms with Crippen LogP contribution in [0, 0.1) is 5.92 Å². The van der Waals surface area contributed by atoms with Crippen LogP contribution in [0.5, 0.6) is 5.75 Å². The summed E-state index contributed by atoms with van der Waals surface area (Å²) in [6.45, 7) is 4.05. The van der Waals surface area contributed by atoms with Gasteiger partial charge in [0.05, 0.1) is 26.3 Å². The third-order valence-electron chi connectivity index (χ3n) is 6.29. The molecule has 3 aliphatic heterocycles. The number of nitrogens with two attached hydrogens (primary N) is 1. The molecule has 29 heavy (non-hydrogen) atoms. The second-order valence-corrected chi connectivity index (χ2v) is 8.79. The van der Waals surface area contributed by atoms with Crippen molar-refractivity contribution in [2.24, 2.45) is 11.7 Å². The third kappa shape index (κ3) is 4.68. The molecule has 0 radical (unpaired) electrons. The van der Waals surface area contributed by atoms with Crippen LogP contribution in [0.15, 0.2) is 18.2 Å². The molecule has 8 heteroatoms. The number of carbonyl (C=O) groups excluding carboxylic acids is 2. The molecular weight excluding hydrogens is 394 g/mol. The van der Waals surface area contributed by atoms with E-state index in [0.717, 1.165) is 24.2 Å². The number of primary amides is 1. The zero-order valence-corrected chi connectivity index (χ0v) is 17.3. The minimum atomic E-state index is -0.425. The van der Waals surface area contributed by atoms with E-state index in [-0.39, 0.29) is 17.7 Å². The molecule has 0 aromatic heterocycles. The number of benzene rings is 1.